The van der Waals surface area contributed by atoms with Crippen LogP contribution in [-0.4, -0.2) is 29.7 Å². The summed E-state index contributed by atoms with van der Waals surface area (Å²) < 4.78 is 13.4. The van der Waals surface area contributed by atoms with Crippen LogP contribution in [0.3, 0.4) is 0 Å². The zero-order chi connectivity index (χ0) is 21.0. The van der Waals surface area contributed by atoms with E-state index in [1.54, 1.807) is 29.7 Å². The lowest BCUT2D eigenvalue weighted by molar-refractivity contribution is -0.143. The van der Waals surface area contributed by atoms with Gasteiger partial charge < -0.3 is 14.0 Å². The van der Waals surface area contributed by atoms with Gasteiger partial charge in [0.25, 0.3) is 5.91 Å². The highest BCUT2D eigenvalue weighted by molar-refractivity contribution is 7.16. The molecule has 152 valence electrons. The quantitative estimate of drug-likeness (QED) is 0.574. The third-order valence-electron chi connectivity index (χ3n) is 4.32. The number of hydrogen-bond donors (Lipinski definition) is 0. The van der Waals surface area contributed by atoms with Gasteiger partial charge in [-0.15, -0.1) is 0 Å². The molecule has 0 aliphatic rings. The predicted octanol–water partition coefficient (Wildman–Crippen LogP) is 4.02. The fraction of sp³-hybridized carbons (Fsp3) is 0.318. The van der Waals surface area contributed by atoms with Crippen molar-refractivity contribution < 1.29 is 19.1 Å². The molecule has 1 amide bonds. The first kappa shape index (κ1) is 20.8. The summed E-state index contributed by atoms with van der Waals surface area (Å²) in [5.41, 5.74) is 3.41. The monoisotopic (exact) mass is 412 g/mol. The molecule has 0 spiro atoms. The highest BCUT2D eigenvalue weighted by Gasteiger charge is 2.16. The molecule has 6 nitrogen and oxygen atoms in total. The van der Waals surface area contributed by atoms with Gasteiger partial charge in [-0.05, 0) is 57.0 Å². The SMILES string of the molecule is CCOC(=O)Cn1c(=NC(=O)c2ccccc2OCC)sc2c(C)cc(C)cc21. The zero-order valence-corrected chi connectivity index (χ0v) is 17.8. The first-order valence-electron chi connectivity index (χ1n) is 9.51. The highest BCUT2D eigenvalue weighted by atomic mass is 32.1. The van der Waals surface area contributed by atoms with Crippen molar-refractivity contribution in [3.05, 3.63) is 57.9 Å². The van der Waals surface area contributed by atoms with Gasteiger partial charge in [0.15, 0.2) is 4.80 Å². The van der Waals surface area contributed by atoms with E-state index >= 15 is 0 Å². The van der Waals surface area contributed by atoms with Crippen LogP contribution in [0, 0.1) is 13.8 Å². The van der Waals surface area contributed by atoms with Crippen molar-refractivity contribution in [1.29, 1.82) is 0 Å². The molecule has 29 heavy (non-hydrogen) atoms. The van der Waals surface area contributed by atoms with Crippen molar-refractivity contribution in [3.63, 3.8) is 0 Å². The molecule has 0 aliphatic heterocycles. The molecule has 1 aromatic heterocycles. The van der Waals surface area contributed by atoms with Crippen molar-refractivity contribution in [3.8, 4) is 5.75 Å². The molecule has 0 atom stereocenters. The summed E-state index contributed by atoms with van der Waals surface area (Å²) in [5.74, 6) is -0.281. The molecule has 0 radical (unpaired) electrons. The molecule has 0 N–H and O–H groups in total. The molecule has 3 rings (SSSR count). The van der Waals surface area contributed by atoms with E-state index in [-0.39, 0.29) is 12.5 Å². The number of esters is 1. The number of thiazole rings is 1. The first-order valence-corrected chi connectivity index (χ1v) is 10.3. The number of fused-ring (bicyclic) bond motifs is 1. The molecule has 7 heteroatoms. The maximum absolute atomic E-state index is 12.9. The number of carbonyl (C=O) groups excluding carboxylic acids is 2. The Morgan fingerprint density at radius 2 is 1.86 bits per heavy atom. The van der Waals surface area contributed by atoms with Gasteiger partial charge in [-0.1, -0.05) is 29.5 Å². The van der Waals surface area contributed by atoms with Gasteiger partial charge in [0, 0.05) is 0 Å². The van der Waals surface area contributed by atoms with Crippen molar-refractivity contribution in [1.82, 2.24) is 4.57 Å². The van der Waals surface area contributed by atoms with Crippen LogP contribution in [-0.2, 0) is 16.1 Å². The lowest BCUT2D eigenvalue weighted by Crippen LogP contribution is -2.23. The average Bonchev–Trinajstić information content (AvgIpc) is 3.00. The molecule has 0 aliphatic carbocycles. The van der Waals surface area contributed by atoms with Gasteiger partial charge in [0.05, 0.1) is 29.0 Å². The molecule has 0 saturated heterocycles. The maximum Gasteiger partial charge on any atom is 0.326 e. The summed E-state index contributed by atoms with van der Waals surface area (Å²) in [7, 11) is 0. The van der Waals surface area contributed by atoms with Gasteiger partial charge in [-0.2, -0.15) is 4.99 Å². The van der Waals surface area contributed by atoms with Crippen molar-refractivity contribution in [2.24, 2.45) is 4.99 Å². The van der Waals surface area contributed by atoms with Gasteiger partial charge in [-0.25, -0.2) is 0 Å². The number of rotatable bonds is 6. The number of nitrogens with zero attached hydrogens (tertiary/aromatic N) is 2. The Morgan fingerprint density at radius 1 is 1.10 bits per heavy atom. The highest BCUT2D eigenvalue weighted by Crippen LogP contribution is 2.24. The van der Waals surface area contributed by atoms with Crippen LogP contribution in [0.15, 0.2) is 41.4 Å². The summed E-state index contributed by atoms with van der Waals surface area (Å²) in [6, 6.07) is 11.1. The van der Waals surface area contributed by atoms with Crippen LogP contribution >= 0.6 is 11.3 Å². The van der Waals surface area contributed by atoms with E-state index < -0.39 is 5.91 Å². The Hall–Kier alpha value is -2.93. The third kappa shape index (κ3) is 4.56. The minimum atomic E-state index is -0.410. The van der Waals surface area contributed by atoms with E-state index in [1.807, 2.05) is 32.9 Å². The number of aromatic nitrogens is 1. The lowest BCUT2D eigenvalue weighted by Gasteiger charge is -2.07. The Balaban J connectivity index is 2.16. The second kappa shape index (κ2) is 9.05. The lowest BCUT2D eigenvalue weighted by atomic mass is 10.1. The van der Waals surface area contributed by atoms with E-state index in [4.69, 9.17) is 9.47 Å². The molecular formula is C22H24N2O4S. The Bertz CT molecular complexity index is 1130. The molecule has 0 fully saturated rings. The van der Waals surface area contributed by atoms with Crippen LogP contribution in [0.5, 0.6) is 5.75 Å². The van der Waals surface area contributed by atoms with E-state index in [2.05, 4.69) is 11.1 Å². The molecular weight excluding hydrogens is 388 g/mol. The summed E-state index contributed by atoms with van der Waals surface area (Å²) >= 11 is 1.39. The number of hydrogen-bond acceptors (Lipinski definition) is 5. The minimum Gasteiger partial charge on any atom is -0.493 e. The largest absolute Gasteiger partial charge is 0.493 e. The third-order valence-corrected chi connectivity index (χ3v) is 5.55. The average molecular weight is 413 g/mol. The molecule has 0 bridgehead atoms. The Morgan fingerprint density at radius 3 is 2.59 bits per heavy atom. The smallest absolute Gasteiger partial charge is 0.326 e. The van der Waals surface area contributed by atoms with Crippen molar-refractivity contribution >= 4 is 33.4 Å². The number of ether oxygens (including phenoxy) is 2. The second-order valence-corrected chi connectivity index (χ2v) is 7.53. The van der Waals surface area contributed by atoms with Crippen LogP contribution in [0.25, 0.3) is 10.2 Å². The molecule has 0 saturated carbocycles. The van der Waals surface area contributed by atoms with Crippen molar-refractivity contribution in [2.75, 3.05) is 13.2 Å². The molecule has 2 aromatic carbocycles. The summed E-state index contributed by atoms with van der Waals surface area (Å²) in [4.78, 5) is 29.9. The summed E-state index contributed by atoms with van der Waals surface area (Å²) in [5, 5.41) is 0. The molecule has 3 aromatic rings. The fourth-order valence-corrected chi connectivity index (χ4v) is 4.24. The van der Waals surface area contributed by atoms with Crippen LogP contribution < -0.4 is 9.54 Å². The van der Waals surface area contributed by atoms with Gasteiger partial charge in [0.1, 0.15) is 12.3 Å². The van der Waals surface area contributed by atoms with Crippen LogP contribution in [0.4, 0.5) is 0 Å². The van der Waals surface area contributed by atoms with E-state index in [0.29, 0.717) is 29.3 Å². The summed E-state index contributed by atoms with van der Waals surface area (Å²) in [6.07, 6.45) is 0. The predicted molar refractivity (Wildman–Crippen MR) is 113 cm³/mol. The first-order chi connectivity index (χ1) is 13.9. The number of aryl methyl sites for hydroxylation is 2. The Labute approximate surface area is 173 Å². The Kier molecular flexibility index (Phi) is 6.49. The fourth-order valence-electron chi connectivity index (χ4n) is 3.16. The number of benzene rings is 2. The normalized spacial score (nSPS) is 11.7. The van der Waals surface area contributed by atoms with E-state index in [9.17, 15) is 9.59 Å². The second-order valence-electron chi connectivity index (χ2n) is 6.55. The zero-order valence-electron chi connectivity index (χ0n) is 17.0. The van der Waals surface area contributed by atoms with Crippen LogP contribution in [0.2, 0.25) is 0 Å². The van der Waals surface area contributed by atoms with Gasteiger partial charge >= 0.3 is 5.97 Å². The van der Waals surface area contributed by atoms with Gasteiger partial charge in [-0.3, -0.25) is 9.59 Å². The number of carbonyl (C=O) groups is 2. The maximum atomic E-state index is 12.9. The van der Waals surface area contributed by atoms with Gasteiger partial charge in [0.2, 0.25) is 0 Å². The topological polar surface area (TPSA) is 69.9 Å². The standard InChI is InChI=1S/C22H24N2O4S/c1-5-27-18-10-8-7-9-16(18)21(26)23-22-24(13-19(25)28-6-2)17-12-14(3)11-15(4)20(17)29-22/h7-12H,5-6,13H2,1-4H3. The molecule has 0 unspecified atom stereocenters. The minimum absolute atomic E-state index is 0.00401. The number of para-hydroxylation sites is 1. The van der Waals surface area contributed by atoms with E-state index in [0.717, 1.165) is 21.3 Å². The van der Waals surface area contributed by atoms with Crippen LogP contribution in [0.1, 0.15) is 35.3 Å². The van der Waals surface area contributed by atoms with E-state index in [1.165, 1.54) is 11.3 Å². The number of amides is 1. The van der Waals surface area contributed by atoms with Crippen molar-refractivity contribution in [2.45, 2.75) is 34.2 Å². The summed E-state index contributed by atoms with van der Waals surface area (Å²) in [6.45, 7) is 8.39. The molecule has 1 heterocycles.